The molecule has 0 amide bonds. The summed E-state index contributed by atoms with van der Waals surface area (Å²) in [5.41, 5.74) is 8.63. The van der Waals surface area contributed by atoms with Crippen LogP contribution >= 0.6 is 0 Å². The van der Waals surface area contributed by atoms with Crippen LogP contribution in [0.3, 0.4) is 0 Å². The second kappa shape index (κ2) is 6.06. The zero-order valence-corrected chi connectivity index (χ0v) is 11.3. The van der Waals surface area contributed by atoms with Gasteiger partial charge in [0.2, 0.25) is 0 Å². The molecule has 1 aromatic carbocycles. The quantitative estimate of drug-likeness (QED) is 0.813. The van der Waals surface area contributed by atoms with Crippen LogP contribution in [0, 0.1) is 0 Å². The first-order chi connectivity index (χ1) is 9.58. The maximum atomic E-state index is 10.9. The fourth-order valence-corrected chi connectivity index (χ4v) is 2.00. The number of carboxylic acids is 1. The average Bonchev–Trinajstić information content (AvgIpc) is 2.45. The van der Waals surface area contributed by atoms with E-state index in [2.05, 4.69) is 4.98 Å². The fourth-order valence-electron chi connectivity index (χ4n) is 2.00. The molecule has 0 aliphatic heterocycles. The summed E-state index contributed by atoms with van der Waals surface area (Å²) in [5.74, 6) is -0.970. The Morgan fingerprint density at radius 1 is 1.30 bits per heavy atom. The maximum Gasteiger partial charge on any atom is 0.335 e. The van der Waals surface area contributed by atoms with E-state index in [-0.39, 0.29) is 5.56 Å². The number of pyridine rings is 1. The molecule has 0 saturated carbocycles. The Bertz CT molecular complexity index is 599. The summed E-state index contributed by atoms with van der Waals surface area (Å²) in [5, 5.41) is 8.92. The van der Waals surface area contributed by atoms with Gasteiger partial charge in [-0.25, -0.2) is 4.79 Å². The summed E-state index contributed by atoms with van der Waals surface area (Å²) >= 11 is 0. The number of carbonyl (C=O) groups is 1. The lowest BCUT2D eigenvalue weighted by molar-refractivity contribution is 0.0697. The highest BCUT2D eigenvalue weighted by Gasteiger charge is 2.09. The second-order valence-electron chi connectivity index (χ2n) is 4.61. The van der Waals surface area contributed by atoms with Crippen LogP contribution in [0.5, 0.6) is 0 Å². The van der Waals surface area contributed by atoms with Crippen LogP contribution in [-0.2, 0) is 6.42 Å². The number of anilines is 2. The number of nitrogen functional groups attached to an aromatic ring is 1. The molecule has 0 atom stereocenters. The molecule has 0 unspecified atom stereocenters. The molecule has 2 rings (SSSR count). The number of likely N-dealkylation sites (N-methyl/N-ethyl adjacent to an activating group) is 1. The van der Waals surface area contributed by atoms with Crippen LogP contribution in [0.1, 0.15) is 15.9 Å². The topological polar surface area (TPSA) is 79.5 Å². The van der Waals surface area contributed by atoms with Crippen molar-refractivity contribution < 1.29 is 9.90 Å². The molecule has 0 bridgehead atoms. The zero-order chi connectivity index (χ0) is 14.5. The van der Waals surface area contributed by atoms with E-state index < -0.39 is 5.97 Å². The number of aromatic nitrogens is 1. The first kappa shape index (κ1) is 13.9. The normalized spacial score (nSPS) is 10.2. The van der Waals surface area contributed by atoms with Crippen molar-refractivity contribution in [2.45, 2.75) is 6.42 Å². The second-order valence-corrected chi connectivity index (χ2v) is 4.61. The van der Waals surface area contributed by atoms with Gasteiger partial charge >= 0.3 is 5.97 Å². The first-order valence-electron chi connectivity index (χ1n) is 6.31. The van der Waals surface area contributed by atoms with Crippen LogP contribution < -0.4 is 10.6 Å². The Labute approximate surface area is 117 Å². The minimum absolute atomic E-state index is 0.203. The monoisotopic (exact) mass is 271 g/mol. The lowest BCUT2D eigenvalue weighted by atomic mass is 10.1. The molecule has 3 N–H and O–H groups in total. The van der Waals surface area contributed by atoms with Crippen molar-refractivity contribution in [3.8, 4) is 0 Å². The molecule has 0 aliphatic rings. The fraction of sp³-hybridized carbons (Fsp3) is 0.200. The number of nitrogens with two attached hydrogens (primary N) is 1. The van der Waals surface area contributed by atoms with Crippen molar-refractivity contribution >= 4 is 17.3 Å². The van der Waals surface area contributed by atoms with E-state index in [4.69, 9.17) is 10.8 Å². The first-order valence-corrected chi connectivity index (χ1v) is 6.31. The minimum atomic E-state index is -0.970. The Balaban J connectivity index is 2.06. The van der Waals surface area contributed by atoms with Crippen LogP contribution in [0.15, 0.2) is 42.7 Å². The third kappa shape index (κ3) is 3.26. The Kier molecular flexibility index (Phi) is 4.20. The predicted octanol–water partition coefficient (Wildman–Crippen LogP) is 2.04. The predicted molar refractivity (Wildman–Crippen MR) is 79.0 cm³/mol. The Morgan fingerprint density at radius 2 is 2.00 bits per heavy atom. The number of rotatable bonds is 5. The van der Waals surface area contributed by atoms with Gasteiger partial charge in [0.05, 0.1) is 16.9 Å². The summed E-state index contributed by atoms with van der Waals surface area (Å²) in [4.78, 5) is 16.9. The van der Waals surface area contributed by atoms with Crippen molar-refractivity contribution in [1.29, 1.82) is 0 Å². The number of hydrogen-bond acceptors (Lipinski definition) is 4. The number of benzene rings is 1. The molecule has 0 aliphatic carbocycles. The van der Waals surface area contributed by atoms with Gasteiger partial charge in [0.15, 0.2) is 0 Å². The molecule has 104 valence electrons. The van der Waals surface area contributed by atoms with E-state index in [1.165, 1.54) is 11.6 Å². The van der Waals surface area contributed by atoms with Crippen LogP contribution in [-0.4, -0.2) is 29.7 Å². The van der Waals surface area contributed by atoms with Gasteiger partial charge in [-0.2, -0.15) is 0 Å². The summed E-state index contributed by atoms with van der Waals surface area (Å²) in [6.45, 7) is 0.792. The standard InChI is InChI=1S/C15H17N3O2/c1-18(9-6-11-4-7-17-8-5-11)14-3-2-12(15(19)20)10-13(14)16/h2-5,7-8,10H,6,9,16H2,1H3,(H,19,20). The van der Waals surface area contributed by atoms with E-state index in [1.807, 2.05) is 24.1 Å². The third-order valence-corrected chi connectivity index (χ3v) is 3.17. The Morgan fingerprint density at radius 3 is 2.60 bits per heavy atom. The van der Waals surface area contributed by atoms with E-state index in [0.717, 1.165) is 18.7 Å². The van der Waals surface area contributed by atoms with Crippen molar-refractivity contribution in [3.05, 3.63) is 53.9 Å². The van der Waals surface area contributed by atoms with Gasteiger partial charge in [0.25, 0.3) is 0 Å². The van der Waals surface area contributed by atoms with Crippen molar-refractivity contribution in [1.82, 2.24) is 4.98 Å². The van der Waals surface area contributed by atoms with Gasteiger partial charge in [0.1, 0.15) is 0 Å². The van der Waals surface area contributed by atoms with Gasteiger partial charge in [-0.05, 0) is 42.3 Å². The summed E-state index contributed by atoms with van der Waals surface area (Å²) in [7, 11) is 1.94. The highest BCUT2D eigenvalue weighted by atomic mass is 16.4. The van der Waals surface area contributed by atoms with Crippen molar-refractivity contribution in [3.63, 3.8) is 0 Å². The molecule has 0 spiro atoms. The van der Waals surface area contributed by atoms with Crippen molar-refractivity contribution in [2.75, 3.05) is 24.2 Å². The van der Waals surface area contributed by atoms with Gasteiger partial charge in [-0.15, -0.1) is 0 Å². The molecule has 5 nitrogen and oxygen atoms in total. The number of nitrogens with zero attached hydrogens (tertiary/aromatic N) is 2. The van der Waals surface area contributed by atoms with Gasteiger partial charge in [0, 0.05) is 26.0 Å². The summed E-state index contributed by atoms with van der Waals surface area (Å²) < 4.78 is 0. The molecular formula is C15H17N3O2. The van der Waals surface area contributed by atoms with Crippen LogP contribution in [0.25, 0.3) is 0 Å². The van der Waals surface area contributed by atoms with E-state index in [9.17, 15) is 4.79 Å². The van der Waals surface area contributed by atoms with E-state index in [1.54, 1.807) is 24.5 Å². The SMILES string of the molecule is CN(CCc1ccncc1)c1ccc(C(=O)O)cc1N. The molecule has 2 aromatic rings. The molecule has 1 aromatic heterocycles. The number of hydrogen-bond donors (Lipinski definition) is 2. The summed E-state index contributed by atoms with van der Waals surface area (Å²) in [6, 6.07) is 8.75. The smallest absolute Gasteiger partial charge is 0.335 e. The van der Waals surface area contributed by atoms with Gasteiger partial charge in [-0.3, -0.25) is 4.98 Å². The van der Waals surface area contributed by atoms with E-state index >= 15 is 0 Å². The zero-order valence-electron chi connectivity index (χ0n) is 11.3. The highest BCUT2D eigenvalue weighted by molar-refractivity contribution is 5.90. The lowest BCUT2D eigenvalue weighted by Gasteiger charge is -2.21. The van der Waals surface area contributed by atoms with Gasteiger partial charge < -0.3 is 15.7 Å². The molecule has 5 heteroatoms. The molecule has 20 heavy (non-hydrogen) atoms. The average molecular weight is 271 g/mol. The number of carboxylic acid groups (broad SMARTS) is 1. The molecular weight excluding hydrogens is 254 g/mol. The molecule has 1 heterocycles. The van der Waals surface area contributed by atoms with Crippen LogP contribution in [0.2, 0.25) is 0 Å². The number of aromatic carboxylic acids is 1. The van der Waals surface area contributed by atoms with Crippen molar-refractivity contribution in [2.24, 2.45) is 0 Å². The molecule has 0 fully saturated rings. The van der Waals surface area contributed by atoms with Crippen LogP contribution in [0.4, 0.5) is 11.4 Å². The maximum absolute atomic E-state index is 10.9. The molecule has 0 radical (unpaired) electrons. The largest absolute Gasteiger partial charge is 0.478 e. The third-order valence-electron chi connectivity index (χ3n) is 3.17. The van der Waals surface area contributed by atoms with Gasteiger partial charge in [-0.1, -0.05) is 0 Å². The lowest BCUT2D eigenvalue weighted by Crippen LogP contribution is -2.21. The summed E-state index contributed by atoms with van der Waals surface area (Å²) in [6.07, 6.45) is 4.41. The van der Waals surface area contributed by atoms with E-state index in [0.29, 0.717) is 5.69 Å². The molecule has 0 saturated heterocycles. The highest BCUT2D eigenvalue weighted by Crippen LogP contribution is 2.23. The Hall–Kier alpha value is -2.56. The minimum Gasteiger partial charge on any atom is -0.478 e.